The first-order valence-corrected chi connectivity index (χ1v) is 8.95. The highest BCUT2D eigenvalue weighted by Gasteiger charge is 2.27. The third-order valence-corrected chi connectivity index (χ3v) is 4.95. The van der Waals surface area contributed by atoms with E-state index in [2.05, 4.69) is 54.5 Å². The molecule has 2 N–H and O–H groups in total. The Morgan fingerprint density at radius 2 is 1.40 bits per heavy atom. The van der Waals surface area contributed by atoms with Crippen LogP contribution in [-0.4, -0.2) is 10.2 Å². The van der Waals surface area contributed by atoms with Crippen molar-refractivity contribution >= 4 is 0 Å². The number of aliphatic hydroxyl groups is 1. The Bertz CT molecular complexity index is 774. The SMILES string of the molecule is Cc1ccc(C(O)c2cc(C(C)(C)C)cc(C(C)(C)C)c2O)cc1C. The Morgan fingerprint density at radius 3 is 1.88 bits per heavy atom. The Hall–Kier alpha value is -1.80. The molecule has 0 aliphatic heterocycles. The Kier molecular flexibility index (Phi) is 5.07. The number of hydrogen-bond acceptors (Lipinski definition) is 2. The molecule has 2 nitrogen and oxygen atoms in total. The molecule has 0 amide bonds. The van der Waals surface area contributed by atoms with Gasteiger partial charge in [-0.1, -0.05) is 65.8 Å². The number of phenolic OH excluding ortho intramolecular Hbond substituents is 1. The molecule has 2 aromatic rings. The van der Waals surface area contributed by atoms with Crippen LogP contribution in [0, 0.1) is 13.8 Å². The van der Waals surface area contributed by atoms with Crippen molar-refractivity contribution in [3.63, 3.8) is 0 Å². The van der Waals surface area contributed by atoms with Gasteiger partial charge in [-0.05, 0) is 58.6 Å². The zero-order valence-electron chi connectivity index (χ0n) is 16.9. The second-order valence-corrected chi connectivity index (χ2v) is 9.21. The molecular formula is C23H32O2. The van der Waals surface area contributed by atoms with Crippen LogP contribution in [0.25, 0.3) is 0 Å². The van der Waals surface area contributed by atoms with Crippen LogP contribution >= 0.6 is 0 Å². The lowest BCUT2D eigenvalue weighted by atomic mass is 9.78. The molecule has 0 aliphatic rings. The van der Waals surface area contributed by atoms with Gasteiger partial charge in [0.2, 0.25) is 0 Å². The molecule has 0 bridgehead atoms. The first kappa shape index (κ1) is 19.5. The van der Waals surface area contributed by atoms with Gasteiger partial charge in [-0.3, -0.25) is 0 Å². The van der Waals surface area contributed by atoms with Gasteiger partial charge in [0.25, 0.3) is 0 Å². The van der Waals surface area contributed by atoms with Crippen molar-refractivity contribution in [3.05, 3.63) is 63.7 Å². The van der Waals surface area contributed by atoms with Gasteiger partial charge in [-0.15, -0.1) is 0 Å². The van der Waals surface area contributed by atoms with Crippen LogP contribution in [-0.2, 0) is 10.8 Å². The molecule has 1 unspecified atom stereocenters. The van der Waals surface area contributed by atoms with Gasteiger partial charge in [0.15, 0.2) is 0 Å². The van der Waals surface area contributed by atoms with E-state index in [1.165, 1.54) is 5.56 Å². The van der Waals surface area contributed by atoms with E-state index in [0.717, 1.165) is 22.3 Å². The maximum atomic E-state index is 11.0. The standard InChI is InChI=1S/C23H32O2/c1-14-9-10-16(11-15(14)2)20(24)18-12-17(22(3,4)5)13-19(21(18)25)23(6,7)8/h9-13,20,24-25H,1-8H3. The van der Waals surface area contributed by atoms with Gasteiger partial charge in [0, 0.05) is 5.56 Å². The second kappa shape index (κ2) is 6.49. The predicted octanol–water partition coefficient (Wildman–Crippen LogP) is 5.69. The fourth-order valence-electron chi connectivity index (χ4n) is 2.98. The summed E-state index contributed by atoms with van der Waals surface area (Å²) in [5, 5.41) is 21.9. The maximum Gasteiger partial charge on any atom is 0.125 e. The van der Waals surface area contributed by atoms with Crippen LogP contribution in [0.3, 0.4) is 0 Å². The minimum Gasteiger partial charge on any atom is -0.507 e. The zero-order chi connectivity index (χ0) is 19.2. The highest BCUT2D eigenvalue weighted by molar-refractivity contribution is 5.52. The molecular weight excluding hydrogens is 308 g/mol. The van der Waals surface area contributed by atoms with E-state index in [0.29, 0.717) is 5.56 Å². The Morgan fingerprint density at radius 1 is 0.800 bits per heavy atom. The summed E-state index contributed by atoms with van der Waals surface area (Å²) in [7, 11) is 0. The summed E-state index contributed by atoms with van der Waals surface area (Å²) in [4.78, 5) is 0. The van der Waals surface area contributed by atoms with Gasteiger partial charge in [0.05, 0.1) is 0 Å². The number of phenols is 1. The number of aromatic hydroxyl groups is 1. The van der Waals surface area contributed by atoms with Gasteiger partial charge in [-0.2, -0.15) is 0 Å². The molecule has 2 aromatic carbocycles. The number of aliphatic hydroxyl groups excluding tert-OH is 1. The van der Waals surface area contributed by atoms with Crippen LogP contribution in [0.4, 0.5) is 0 Å². The molecule has 2 heteroatoms. The van der Waals surface area contributed by atoms with E-state index in [4.69, 9.17) is 0 Å². The highest BCUT2D eigenvalue weighted by Crippen LogP contribution is 2.41. The molecule has 1 atom stereocenters. The average molecular weight is 341 g/mol. The molecule has 0 radical (unpaired) electrons. The lowest BCUT2D eigenvalue weighted by molar-refractivity contribution is 0.214. The molecule has 0 fully saturated rings. The molecule has 0 aliphatic carbocycles. The fourth-order valence-corrected chi connectivity index (χ4v) is 2.98. The van der Waals surface area contributed by atoms with E-state index in [-0.39, 0.29) is 16.6 Å². The second-order valence-electron chi connectivity index (χ2n) is 9.21. The van der Waals surface area contributed by atoms with Crippen molar-refractivity contribution in [1.82, 2.24) is 0 Å². The van der Waals surface area contributed by atoms with Crippen LogP contribution in [0.15, 0.2) is 30.3 Å². The van der Waals surface area contributed by atoms with Crippen LogP contribution in [0.5, 0.6) is 5.75 Å². The molecule has 0 saturated heterocycles. The smallest absolute Gasteiger partial charge is 0.125 e. The number of rotatable bonds is 2. The minimum absolute atomic E-state index is 0.0641. The van der Waals surface area contributed by atoms with Gasteiger partial charge >= 0.3 is 0 Å². The first-order chi connectivity index (χ1) is 11.3. The van der Waals surface area contributed by atoms with Crippen molar-refractivity contribution < 1.29 is 10.2 Å². The highest BCUT2D eigenvalue weighted by atomic mass is 16.3. The van der Waals surface area contributed by atoms with E-state index in [1.807, 2.05) is 31.2 Å². The summed E-state index contributed by atoms with van der Waals surface area (Å²) in [6.07, 6.45) is -0.845. The fraction of sp³-hybridized carbons (Fsp3) is 0.478. The predicted molar refractivity (Wildman–Crippen MR) is 105 cm³/mol. The summed E-state index contributed by atoms with van der Waals surface area (Å²) in [5.41, 5.74) is 5.45. The molecule has 136 valence electrons. The van der Waals surface area contributed by atoms with Crippen molar-refractivity contribution in [1.29, 1.82) is 0 Å². The summed E-state index contributed by atoms with van der Waals surface area (Å²) < 4.78 is 0. The van der Waals surface area contributed by atoms with E-state index in [9.17, 15) is 10.2 Å². The Balaban J connectivity index is 2.68. The van der Waals surface area contributed by atoms with Gasteiger partial charge in [-0.25, -0.2) is 0 Å². The third kappa shape index (κ3) is 4.07. The molecule has 0 heterocycles. The summed E-state index contributed by atoms with van der Waals surface area (Å²) in [6.45, 7) is 16.8. The first-order valence-electron chi connectivity index (χ1n) is 8.95. The van der Waals surface area contributed by atoms with Crippen molar-refractivity contribution in [2.75, 3.05) is 0 Å². The quantitative estimate of drug-likeness (QED) is 0.737. The molecule has 25 heavy (non-hydrogen) atoms. The zero-order valence-corrected chi connectivity index (χ0v) is 16.9. The van der Waals surface area contributed by atoms with Gasteiger partial charge in [0.1, 0.15) is 11.9 Å². The molecule has 0 aromatic heterocycles. The van der Waals surface area contributed by atoms with Gasteiger partial charge < -0.3 is 10.2 Å². The topological polar surface area (TPSA) is 40.5 Å². The van der Waals surface area contributed by atoms with Crippen molar-refractivity contribution in [3.8, 4) is 5.75 Å². The summed E-state index contributed by atoms with van der Waals surface area (Å²) >= 11 is 0. The lowest BCUT2D eigenvalue weighted by Crippen LogP contribution is -2.18. The molecule has 2 rings (SSSR count). The number of benzene rings is 2. The largest absolute Gasteiger partial charge is 0.507 e. The monoisotopic (exact) mass is 340 g/mol. The summed E-state index contributed by atoms with van der Waals surface area (Å²) in [6, 6.07) is 9.98. The Labute approximate surface area is 152 Å². The van der Waals surface area contributed by atoms with E-state index in [1.54, 1.807) is 0 Å². The summed E-state index contributed by atoms with van der Waals surface area (Å²) in [5.74, 6) is 0.200. The molecule has 0 spiro atoms. The van der Waals surface area contributed by atoms with Crippen molar-refractivity contribution in [2.24, 2.45) is 0 Å². The van der Waals surface area contributed by atoms with Crippen LogP contribution in [0.1, 0.15) is 81.0 Å². The normalized spacial score (nSPS) is 13.8. The van der Waals surface area contributed by atoms with Crippen LogP contribution < -0.4 is 0 Å². The average Bonchev–Trinajstić information content (AvgIpc) is 2.47. The third-order valence-electron chi connectivity index (χ3n) is 4.95. The van der Waals surface area contributed by atoms with E-state index >= 15 is 0 Å². The number of hydrogen-bond donors (Lipinski definition) is 2. The lowest BCUT2D eigenvalue weighted by Gasteiger charge is -2.28. The van der Waals surface area contributed by atoms with E-state index < -0.39 is 6.10 Å². The number of aryl methyl sites for hydroxylation is 2. The van der Waals surface area contributed by atoms with Crippen LogP contribution in [0.2, 0.25) is 0 Å². The molecule has 0 saturated carbocycles. The minimum atomic E-state index is -0.845. The maximum absolute atomic E-state index is 11.0. The van der Waals surface area contributed by atoms with Crippen molar-refractivity contribution in [2.45, 2.75) is 72.3 Å².